The molecule has 0 aliphatic carbocycles. The minimum Gasteiger partial charge on any atom is -0.363 e. The molecule has 3 aromatic heterocycles. The SMILES string of the molecule is O=C(NC(CSCc1nc2c(F)cc(F)cc2s1)C(=O)Nc1cnoc1)c1cccs1. The molecule has 2 amide bonds. The second-order valence-corrected chi connectivity index (χ2v) is 9.36. The first kappa shape index (κ1) is 21.4. The number of fused-ring (bicyclic) bond motifs is 1. The lowest BCUT2D eigenvalue weighted by molar-refractivity contribution is -0.117. The van der Waals surface area contributed by atoms with E-state index in [1.54, 1.807) is 17.5 Å². The number of halogens is 2. The number of thiophene rings is 1. The van der Waals surface area contributed by atoms with Gasteiger partial charge in [-0.3, -0.25) is 9.59 Å². The molecule has 0 saturated heterocycles. The lowest BCUT2D eigenvalue weighted by Crippen LogP contribution is -2.45. The third-order valence-corrected chi connectivity index (χ3v) is 7.13. The van der Waals surface area contributed by atoms with Crippen LogP contribution < -0.4 is 10.6 Å². The van der Waals surface area contributed by atoms with Crippen LogP contribution in [0.2, 0.25) is 0 Å². The minimum atomic E-state index is -0.849. The summed E-state index contributed by atoms with van der Waals surface area (Å²) in [5.41, 5.74) is 0.490. The van der Waals surface area contributed by atoms with Crippen molar-refractivity contribution >= 4 is 62.2 Å². The van der Waals surface area contributed by atoms with Gasteiger partial charge in [0, 0.05) is 17.6 Å². The molecule has 1 aromatic carbocycles. The van der Waals surface area contributed by atoms with Crippen molar-refractivity contribution in [3.8, 4) is 0 Å². The molecular formula is C19H14F2N4O3S3. The molecule has 0 aliphatic rings. The second-order valence-electron chi connectivity index (χ2n) is 6.26. The van der Waals surface area contributed by atoms with E-state index in [9.17, 15) is 18.4 Å². The fourth-order valence-electron chi connectivity index (χ4n) is 2.64. The number of rotatable bonds is 8. The van der Waals surface area contributed by atoms with E-state index < -0.39 is 23.6 Å². The van der Waals surface area contributed by atoms with E-state index >= 15 is 0 Å². The van der Waals surface area contributed by atoms with Crippen LogP contribution in [-0.4, -0.2) is 33.7 Å². The smallest absolute Gasteiger partial charge is 0.262 e. The Morgan fingerprint density at radius 1 is 1.29 bits per heavy atom. The van der Waals surface area contributed by atoms with Crippen LogP contribution in [-0.2, 0) is 10.5 Å². The average Bonchev–Trinajstić information content (AvgIpc) is 3.48. The number of amides is 2. The summed E-state index contributed by atoms with van der Waals surface area (Å²) in [6.07, 6.45) is 2.62. The molecule has 1 unspecified atom stereocenters. The van der Waals surface area contributed by atoms with Crippen molar-refractivity contribution in [1.29, 1.82) is 0 Å². The third kappa shape index (κ3) is 5.27. The van der Waals surface area contributed by atoms with Crippen molar-refractivity contribution in [3.63, 3.8) is 0 Å². The lowest BCUT2D eigenvalue weighted by atomic mass is 10.3. The van der Waals surface area contributed by atoms with Gasteiger partial charge in [-0.15, -0.1) is 22.7 Å². The maximum atomic E-state index is 13.9. The highest BCUT2D eigenvalue weighted by Crippen LogP contribution is 2.28. The zero-order valence-corrected chi connectivity index (χ0v) is 18.1. The Balaban J connectivity index is 1.43. The van der Waals surface area contributed by atoms with Crippen LogP contribution in [0.15, 0.2) is 46.6 Å². The Bertz CT molecular complexity index is 1200. The number of thiazole rings is 1. The first-order valence-corrected chi connectivity index (χ1v) is 11.7. The van der Waals surface area contributed by atoms with Crippen molar-refractivity contribution in [1.82, 2.24) is 15.5 Å². The molecule has 3 heterocycles. The molecule has 1 atom stereocenters. The number of nitrogens with one attached hydrogen (secondary N) is 2. The van der Waals surface area contributed by atoms with Gasteiger partial charge in [-0.2, -0.15) is 11.8 Å². The van der Waals surface area contributed by atoms with Crippen LogP contribution in [0.3, 0.4) is 0 Å². The summed E-state index contributed by atoms with van der Waals surface area (Å²) in [4.78, 5) is 29.8. The van der Waals surface area contributed by atoms with Gasteiger partial charge in [-0.1, -0.05) is 11.2 Å². The Kier molecular flexibility index (Phi) is 6.59. The van der Waals surface area contributed by atoms with E-state index in [0.717, 1.165) is 6.07 Å². The zero-order chi connectivity index (χ0) is 21.8. The molecule has 0 radical (unpaired) electrons. The van der Waals surface area contributed by atoms with Gasteiger partial charge in [0.25, 0.3) is 5.91 Å². The van der Waals surface area contributed by atoms with E-state index in [-0.39, 0.29) is 17.2 Å². The fraction of sp³-hybridized carbons (Fsp3) is 0.158. The number of nitrogens with zero attached hydrogens (tertiary/aromatic N) is 2. The Morgan fingerprint density at radius 3 is 2.90 bits per heavy atom. The van der Waals surface area contributed by atoms with E-state index in [1.165, 1.54) is 53.0 Å². The van der Waals surface area contributed by atoms with Crippen LogP contribution in [0.4, 0.5) is 14.5 Å². The van der Waals surface area contributed by atoms with Crippen LogP contribution in [0.25, 0.3) is 10.2 Å². The van der Waals surface area contributed by atoms with Crippen molar-refractivity contribution < 1.29 is 22.9 Å². The van der Waals surface area contributed by atoms with E-state index in [2.05, 4.69) is 20.8 Å². The molecule has 0 aliphatic heterocycles. The highest BCUT2D eigenvalue weighted by Gasteiger charge is 2.23. The number of hydrogen-bond acceptors (Lipinski definition) is 8. The van der Waals surface area contributed by atoms with E-state index in [1.807, 2.05) is 0 Å². The lowest BCUT2D eigenvalue weighted by Gasteiger charge is -2.17. The molecule has 0 bridgehead atoms. The quantitative estimate of drug-likeness (QED) is 0.390. The summed E-state index contributed by atoms with van der Waals surface area (Å²) in [6.45, 7) is 0. The average molecular weight is 481 g/mol. The number of thioether (sulfide) groups is 1. The van der Waals surface area contributed by atoms with Crippen LogP contribution >= 0.6 is 34.4 Å². The van der Waals surface area contributed by atoms with Gasteiger partial charge < -0.3 is 15.2 Å². The molecule has 12 heteroatoms. The highest BCUT2D eigenvalue weighted by molar-refractivity contribution is 7.98. The normalized spacial score (nSPS) is 12.1. The summed E-state index contributed by atoms with van der Waals surface area (Å²) in [7, 11) is 0. The van der Waals surface area contributed by atoms with Crippen LogP contribution in [0, 0.1) is 11.6 Å². The van der Waals surface area contributed by atoms with Crippen LogP contribution in [0.1, 0.15) is 14.7 Å². The molecular weight excluding hydrogens is 466 g/mol. The summed E-state index contributed by atoms with van der Waals surface area (Å²) < 4.78 is 32.4. The maximum Gasteiger partial charge on any atom is 0.262 e. The number of carbonyl (C=O) groups excluding carboxylic acids is 2. The fourth-order valence-corrected chi connectivity index (χ4v) is 5.39. The largest absolute Gasteiger partial charge is 0.363 e. The second kappa shape index (κ2) is 9.54. The Hall–Kier alpha value is -2.83. The van der Waals surface area contributed by atoms with Gasteiger partial charge in [-0.25, -0.2) is 13.8 Å². The Morgan fingerprint density at radius 2 is 2.16 bits per heavy atom. The van der Waals surface area contributed by atoms with Gasteiger partial charge in [-0.05, 0) is 17.5 Å². The standard InChI is InChI=1S/C19H14F2N4O3S3/c20-10-4-12(21)17-15(5-10)31-16(25-17)9-29-8-13(18(26)23-11-6-22-28-7-11)24-19(27)14-2-1-3-30-14/h1-7,13H,8-9H2,(H,23,26)(H,24,27). The van der Waals surface area contributed by atoms with Gasteiger partial charge in [0.05, 0.1) is 15.8 Å². The molecule has 7 nitrogen and oxygen atoms in total. The molecule has 4 rings (SSSR count). The number of aromatic nitrogens is 2. The van der Waals surface area contributed by atoms with E-state index in [0.29, 0.717) is 26.0 Å². The van der Waals surface area contributed by atoms with Crippen LogP contribution in [0.5, 0.6) is 0 Å². The summed E-state index contributed by atoms with van der Waals surface area (Å²) in [5, 5.41) is 11.2. The van der Waals surface area contributed by atoms with Gasteiger partial charge >= 0.3 is 0 Å². The third-order valence-electron chi connectivity index (χ3n) is 4.03. The molecule has 160 valence electrons. The summed E-state index contributed by atoms with van der Waals surface area (Å²) >= 11 is 3.79. The predicted molar refractivity (Wildman–Crippen MR) is 116 cm³/mol. The minimum absolute atomic E-state index is 0.120. The zero-order valence-electron chi connectivity index (χ0n) is 15.6. The number of hydrogen-bond donors (Lipinski definition) is 2. The van der Waals surface area contributed by atoms with Crippen molar-refractivity contribution in [2.75, 3.05) is 11.1 Å². The molecule has 31 heavy (non-hydrogen) atoms. The highest BCUT2D eigenvalue weighted by atomic mass is 32.2. The van der Waals surface area contributed by atoms with Gasteiger partial charge in [0.15, 0.2) is 5.82 Å². The predicted octanol–water partition coefficient (Wildman–Crippen LogP) is 4.29. The number of benzene rings is 1. The Labute approximate surface area is 186 Å². The first-order valence-electron chi connectivity index (χ1n) is 8.86. The summed E-state index contributed by atoms with van der Waals surface area (Å²) in [6, 6.07) is 4.59. The summed E-state index contributed by atoms with van der Waals surface area (Å²) in [5.74, 6) is -1.56. The molecule has 0 spiro atoms. The molecule has 4 aromatic rings. The number of carbonyl (C=O) groups is 2. The molecule has 0 saturated carbocycles. The monoisotopic (exact) mass is 480 g/mol. The molecule has 2 N–H and O–H groups in total. The van der Waals surface area contributed by atoms with Gasteiger partial charge in [0.1, 0.15) is 34.3 Å². The first-order chi connectivity index (χ1) is 15.0. The van der Waals surface area contributed by atoms with E-state index in [4.69, 9.17) is 4.52 Å². The topological polar surface area (TPSA) is 97.1 Å². The van der Waals surface area contributed by atoms with Gasteiger partial charge in [0.2, 0.25) is 5.91 Å². The molecule has 0 fully saturated rings. The number of anilines is 1. The van der Waals surface area contributed by atoms with Crippen molar-refractivity contribution in [2.45, 2.75) is 11.8 Å². The van der Waals surface area contributed by atoms with Crippen molar-refractivity contribution in [2.24, 2.45) is 0 Å². The maximum absolute atomic E-state index is 13.9. The van der Waals surface area contributed by atoms with Crippen molar-refractivity contribution in [3.05, 3.63) is 63.6 Å².